The molecule has 1 atom stereocenters. The number of allylic oxidation sites excluding steroid dienone is 4. The molecule has 2 aromatic carbocycles. The van der Waals surface area contributed by atoms with E-state index in [0.717, 1.165) is 35.3 Å². The average molecular weight is 407 g/mol. The second-order valence-electron chi connectivity index (χ2n) is 8.26. The van der Waals surface area contributed by atoms with Crippen molar-refractivity contribution in [2.24, 2.45) is 0 Å². The molecule has 1 aliphatic rings. The summed E-state index contributed by atoms with van der Waals surface area (Å²) < 4.78 is 11.9. The Bertz CT molecular complexity index is 965. The van der Waals surface area contributed by atoms with Crippen LogP contribution in [0.3, 0.4) is 0 Å². The van der Waals surface area contributed by atoms with Gasteiger partial charge in [-0.15, -0.1) is 0 Å². The summed E-state index contributed by atoms with van der Waals surface area (Å²) in [6.07, 6.45) is 5.72. The van der Waals surface area contributed by atoms with Crippen LogP contribution in [0.1, 0.15) is 67.3 Å². The molecule has 0 aromatic heterocycles. The molecular weight excluding hydrogens is 376 g/mol. The second-order valence-corrected chi connectivity index (χ2v) is 8.26. The van der Waals surface area contributed by atoms with Gasteiger partial charge < -0.3 is 14.6 Å². The second kappa shape index (κ2) is 9.21. The topological polar surface area (TPSA) is 55.8 Å². The van der Waals surface area contributed by atoms with Crippen LogP contribution in [-0.2, 0) is 12.8 Å². The van der Waals surface area contributed by atoms with Crippen LogP contribution in [0, 0.1) is 0 Å². The molecule has 1 N–H and O–H groups in total. The largest absolute Gasteiger partial charge is 0.508 e. The van der Waals surface area contributed by atoms with Gasteiger partial charge in [-0.3, -0.25) is 4.79 Å². The lowest BCUT2D eigenvalue weighted by atomic mass is 9.91. The molecule has 0 unspecified atom stereocenters. The van der Waals surface area contributed by atoms with Crippen molar-refractivity contribution in [3.05, 3.63) is 75.9 Å². The maximum Gasteiger partial charge on any atom is 0.170 e. The van der Waals surface area contributed by atoms with E-state index in [0.29, 0.717) is 11.3 Å². The molecule has 0 fully saturated rings. The predicted molar refractivity (Wildman–Crippen MR) is 120 cm³/mol. The highest BCUT2D eigenvalue weighted by atomic mass is 16.5. The molecule has 4 heteroatoms. The van der Waals surface area contributed by atoms with Gasteiger partial charge in [-0.1, -0.05) is 23.3 Å². The number of aromatic hydroxyl groups is 1. The first kappa shape index (κ1) is 21.7. The van der Waals surface area contributed by atoms with Crippen molar-refractivity contribution in [1.82, 2.24) is 0 Å². The average Bonchev–Trinajstić information content (AvgIpc) is 2.69. The van der Waals surface area contributed by atoms with E-state index in [1.165, 1.54) is 23.3 Å². The van der Waals surface area contributed by atoms with Crippen molar-refractivity contribution in [1.29, 1.82) is 0 Å². The number of methoxy groups -OCH3 is 1. The maximum atomic E-state index is 12.7. The lowest BCUT2D eigenvalue weighted by Gasteiger charge is -2.27. The molecule has 0 amide bonds. The minimum Gasteiger partial charge on any atom is -0.508 e. The van der Waals surface area contributed by atoms with E-state index in [1.54, 1.807) is 13.2 Å². The SMILES string of the molecule is COc1c(CC=C(C)C)cc([C@@H]2CC(=O)c3ccc(O)cc3O2)cc1CC=C(C)C. The van der Waals surface area contributed by atoms with Gasteiger partial charge in [0.15, 0.2) is 5.78 Å². The summed E-state index contributed by atoms with van der Waals surface area (Å²) in [6, 6.07) is 8.81. The Hall–Kier alpha value is -3.01. The lowest BCUT2D eigenvalue weighted by molar-refractivity contribution is 0.0849. The number of phenols is 1. The smallest absolute Gasteiger partial charge is 0.170 e. The van der Waals surface area contributed by atoms with Gasteiger partial charge in [0, 0.05) is 6.07 Å². The first-order valence-corrected chi connectivity index (χ1v) is 10.3. The number of ketones is 1. The minimum absolute atomic E-state index is 0.0220. The number of hydrogen-bond donors (Lipinski definition) is 1. The minimum atomic E-state index is -0.395. The predicted octanol–water partition coefficient (Wildman–Crippen LogP) is 6.12. The molecule has 0 bridgehead atoms. The van der Waals surface area contributed by atoms with Gasteiger partial charge >= 0.3 is 0 Å². The summed E-state index contributed by atoms with van der Waals surface area (Å²) in [5, 5.41) is 9.81. The fourth-order valence-electron chi connectivity index (χ4n) is 3.66. The lowest BCUT2D eigenvalue weighted by Crippen LogP contribution is -2.20. The van der Waals surface area contributed by atoms with Crippen molar-refractivity contribution < 1.29 is 19.4 Å². The van der Waals surface area contributed by atoms with Crippen LogP contribution in [0.25, 0.3) is 0 Å². The molecule has 0 saturated carbocycles. The van der Waals surface area contributed by atoms with Crippen LogP contribution in [-0.4, -0.2) is 18.0 Å². The third-order valence-corrected chi connectivity index (χ3v) is 5.21. The number of hydrogen-bond acceptors (Lipinski definition) is 4. The highest BCUT2D eigenvalue weighted by Gasteiger charge is 2.29. The van der Waals surface area contributed by atoms with Crippen molar-refractivity contribution >= 4 is 5.78 Å². The summed E-state index contributed by atoms with van der Waals surface area (Å²) in [5.41, 5.74) is 6.10. The van der Waals surface area contributed by atoms with Gasteiger partial charge in [-0.25, -0.2) is 0 Å². The van der Waals surface area contributed by atoms with Crippen molar-refractivity contribution in [3.8, 4) is 17.2 Å². The highest BCUT2D eigenvalue weighted by Crippen LogP contribution is 2.39. The van der Waals surface area contributed by atoms with Crippen LogP contribution in [0.4, 0.5) is 0 Å². The summed E-state index contributed by atoms with van der Waals surface area (Å²) in [6.45, 7) is 8.30. The number of fused-ring (bicyclic) bond motifs is 1. The van der Waals surface area contributed by atoms with Gasteiger partial charge in [-0.05, 0) is 81.5 Å². The highest BCUT2D eigenvalue weighted by molar-refractivity contribution is 6.00. The maximum absolute atomic E-state index is 12.7. The Labute approximate surface area is 178 Å². The van der Waals surface area contributed by atoms with E-state index >= 15 is 0 Å². The van der Waals surface area contributed by atoms with Crippen LogP contribution in [0.5, 0.6) is 17.2 Å². The van der Waals surface area contributed by atoms with Crippen molar-refractivity contribution in [3.63, 3.8) is 0 Å². The Morgan fingerprint density at radius 2 is 1.67 bits per heavy atom. The van der Waals surface area contributed by atoms with Gasteiger partial charge in [-0.2, -0.15) is 0 Å². The number of rotatable bonds is 6. The molecule has 1 heterocycles. The van der Waals surface area contributed by atoms with E-state index in [9.17, 15) is 9.90 Å². The molecule has 0 aliphatic carbocycles. The van der Waals surface area contributed by atoms with Gasteiger partial charge in [0.1, 0.15) is 23.4 Å². The van der Waals surface area contributed by atoms with Crippen LogP contribution < -0.4 is 9.47 Å². The molecule has 158 valence electrons. The van der Waals surface area contributed by atoms with Crippen LogP contribution in [0.15, 0.2) is 53.6 Å². The van der Waals surface area contributed by atoms with E-state index < -0.39 is 6.10 Å². The van der Waals surface area contributed by atoms with Gasteiger partial charge in [0.05, 0.1) is 19.1 Å². The fraction of sp³-hybridized carbons (Fsp3) is 0.346. The number of Topliss-reactive ketones (excluding diaryl/α,β-unsaturated/α-hetero) is 1. The summed E-state index contributed by atoms with van der Waals surface area (Å²) in [5.74, 6) is 1.43. The first-order chi connectivity index (χ1) is 14.3. The number of phenolic OH excluding ortho intramolecular Hbond substituents is 1. The number of carbonyl (C=O) groups excluding carboxylic acids is 1. The summed E-state index contributed by atoms with van der Waals surface area (Å²) >= 11 is 0. The normalized spacial score (nSPS) is 15.1. The molecule has 0 spiro atoms. The van der Waals surface area contributed by atoms with E-state index in [1.807, 2.05) is 0 Å². The molecule has 1 aliphatic heterocycles. The number of benzene rings is 2. The molecule has 0 radical (unpaired) electrons. The van der Waals surface area contributed by atoms with E-state index in [4.69, 9.17) is 9.47 Å². The Morgan fingerprint density at radius 3 is 2.20 bits per heavy atom. The molecular formula is C26H30O4. The molecule has 2 aromatic rings. The third kappa shape index (κ3) is 4.93. The zero-order valence-corrected chi connectivity index (χ0v) is 18.4. The molecule has 0 saturated heterocycles. The zero-order chi connectivity index (χ0) is 21.8. The van der Waals surface area contributed by atoms with Crippen molar-refractivity contribution in [2.45, 2.75) is 53.1 Å². The van der Waals surface area contributed by atoms with Crippen LogP contribution >= 0.6 is 0 Å². The fourth-order valence-corrected chi connectivity index (χ4v) is 3.66. The first-order valence-electron chi connectivity index (χ1n) is 10.3. The van der Waals surface area contributed by atoms with Gasteiger partial charge in [0.2, 0.25) is 0 Å². The van der Waals surface area contributed by atoms with Crippen LogP contribution in [0.2, 0.25) is 0 Å². The van der Waals surface area contributed by atoms with Gasteiger partial charge in [0.25, 0.3) is 0 Å². The quantitative estimate of drug-likeness (QED) is 0.587. The third-order valence-electron chi connectivity index (χ3n) is 5.21. The zero-order valence-electron chi connectivity index (χ0n) is 18.4. The number of carbonyl (C=O) groups is 1. The van der Waals surface area contributed by atoms with E-state index in [2.05, 4.69) is 52.0 Å². The Balaban J connectivity index is 2.06. The molecule has 3 rings (SSSR count). The molecule has 4 nitrogen and oxygen atoms in total. The summed E-state index contributed by atoms with van der Waals surface area (Å²) in [4.78, 5) is 12.7. The Morgan fingerprint density at radius 1 is 1.07 bits per heavy atom. The molecule has 30 heavy (non-hydrogen) atoms. The summed E-state index contributed by atoms with van der Waals surface area (Å²) in [7, 11) is 1.70. The monoisotopic (exact) mass is 406 g/mol. The Kier molecular flexibility index (Phi) is 6.66. The van der Waals surface area contributed by atoms with E-state index in [-0.39, 0.29) is 18.0 Å². The standard InChI is InChI=1S/C26H30O4/c1-16(2)6-8-18-12-20(13-19(26(18)29-5)9-7-17(3)4)24-15-23(28)22-11-10-21(27)14-25(22)30-24/h6-7,10-14,24,27H,8-9,15H2,1-5H3/t24-/m0/s1. The number of ether oxygens (including phenoxy) is 2. The van der Waals surface area contributed by atoms with Crippen molar-refractivity contribution in [2.75, 3.05) is 7.11 Å².